The van der Waals surface area contributed by atoms with Crippen molar-refractivity contribution < 1.29 is 13.2 Å². The van der Waals surface area contributed by atoms with E-state index in [1.165, 1.54) is 6.07 Å². The van der Waals surface area contributed by atoms with Crippen molar-refractivity contribution in [1.29, 1.82) is 0 Å². The molecule has 1 fully saturated rings. The maximum atomic E-state index is 12.4. The summed E-state index contributed by atoms with van der Waals surface area (Å²) in [4.78, 5) is 4.61. The van der Waals surface area contributed by atoms with Gasteiger partial charge < -0.3 is 15.0 Å². The van der Waals surface area contributed by atoms with Crippen LogP contribution in [-0.2, 0) is 10.0 Å². The Bertz CT molecular complexity index is 1020. The van der Waals surface area contributed by atoms with Crippen LogP contribution in [0.2, 0.25) is 5.02 Å². The Balaban J connectivity index is 1.44. The molecule has 0 bridgehead atoms. The molecule has 2 aliphatic rings. The molecule has 1 saturated heterocycles. The second-order valence-corrected chi connectivity index (χ2v) is 8.72. The maximum absolute atomic E-state index is 12.4. The third-order valence-corrected chi connectivity index (χ3v) is 6.51. The Morgan fingerprint density at radius 1 is 1.14 bits per heavy atom. The van der Waals surface area contributed by atoms with E-state index in [1.54, 1.807) is 19.2 Å². The molecule has 148 valence electrons. The van der Waals surface area contributed by atoms with Gasteiger partial charge in [-0.1, -0.05) is 23.7 Å². The van der Waals surface area contributed by atoms with Crippen molar-refractivity contribution >= 4 is 38.8 Å². The molecule has 2 aromatic carbocycles. The Morgan fingerprint density at radius 2 is 1.89 bits per heavy atom. The number of ether oxygens (including phenoxy) is 1. The summed E-state index contributed by atoms with van der Waals surface area (Å²) in [6.45, 7) is 3.67. The van der Waals surface area contributed by atoms with Gasteiger partial charge in [0.15, 0.2) is 0 Å². The number of nitrogens with zero attached hydrogens (tertiary/aromatic N) is 3. The monoisotopic (exact) mass is 420 g/mol. The molecule has 0 aromatic heterocycles. The van der Waals surface area contributed by atoms with E-state index in [0.29, 0.717) is 23.1 Å². The summed E-state index contributed by atoms with van der Waals surface area (Å²) in [5.74, 6) is 1.27. The highest BCUT2D eigenvalue weighted by molar-refractivity contribution is 7.90. The van der Waals surface area contributed by atoms with Crippen molar-refractivity contribution in [3.8, 4) is 5.75 Å². The van der Waals surface area contributed by atoms with E-state index < -0.39 is 10.0 Å². The van der Waals surface area contributed by atoms with Gasteiger partial charge in [-0.15, -0.1) is 4.40 Å². The van der Waals surface area contributed by atoms with Gasteiger partial charge in [0.05, 0.1) is 25.0 Å². The summed E-state index contributed by atoms with van der Waals surface area (Å²) in [6.07, 6.45) is 0. The summed E-state index contributed by atoms with van der Waals surface area (Å²) in [7, 11) is -2.04. The lowest BCUT2D eigenvalue weighted by Crippen LogP contribution is -2.49. The minimum Gasteiger partial charge on any atom is -0.495 e. The lowest BCUT2D eigenvalue weighted by Gasteiger charge is -2.37. The van der Waals surface area contributed by atoms with Crippen LogP contribution in [0.3, 0.4) is 0 Å². The number of hydrogen-bond acceptors (Lipinski definition) is 6. The number of para-hydroxylation sites is 2. The second-order valence-electron chi connectivity index (χ2n) is 6.71. The number of amidine groups is 1. The van der Waals surface area contributed by atoms with Gasteiger partial charge in [-0.25, -0.2) is 0 Å². The number of fused-ring (bicyclic) bond motifs is 1. The molecule has 2 aliphatic heterocycles. The lowest BCUT2D eigenvalue weighted by molar-refractivity contribution is 0.290. The van der Waals surface area contributed by atoms with E-state index in [1.807, 2.05) is 18.2 Å². The molecule has 0 unspecified atom stereocenters. The molecule has 0 amide bonds. The fourth-order valence-corrected chi connectivity index (χ4v) is 4.81. The number of rotatable bonds is 4. The molecule has 9 heteroatoms. The molecular weight excluding hydrogens is 400 g/mol. The summed E-state index contributed by atoms with van der Waals surface area (Å²) < 4.78 is 34.3. The van der Waals surface area contributed by atoms with Crippen LogP contribution >= 0.6 is 11.6 Å². The van der Waals surface area contributed by atoms with Gasteiger partial charge in [-0.3, -0.25) is 4.90 Å². The van der Waals surface area contributed by atoms with Crippen molar-refractivity contribution in [3.05, 3.63) is 47.5 Å². The molecule has 1 N–H and O–H groups in total. The van der Waals surface area contributed by atoms with Crippen LogP contribution in [-0.4, -0.2) is 59.0 Å². The minimum atomic E-state index is -3.71. The van der Waals surface area contributed by atoms with Crippen molar-refractivity contribution in [2.75, 3.05) is 50.1 Å². The van der Waals surface area contributed by atoms with Crippen molar-refractivity contribution in [3.63, 3.8) is 0 Å². The van der Waals surface area contributed by atoms with Crippen LogP contribution in [0.1, 0.15) is 0 Å². The number of anilines is 2. The molecule has 4 rings (SSSR count). The van der Waals surface area contributed by atoms with Gasteiger partial charge in [0, 0.05) is 31.2 Å². The molecule has 0 aliphatic carbocycles. The largest absolute Gasteiger partial charge is 0.495 e. The third-order valence-electron chi connectivity index (χ3n) is 4.90. The highest BCUT2D eigenvalue weighted by Gasteiger charge is 2.27. The van der Waals surface area contributed by atoms with Gasteiger partial charge in [0.2, 0.25) is 0 Å². The van der Waals surface area contributed by atoms with E-state index in [2.05, 4.69) is 25.6 Å². The first-order chi connectivity index (χ1) is 13.5. The van der Waals surface area contributed by atoms with Crippen LogP contribution in [0.5, 0.6) is 5.75 Å². The topological polar surface area (TPSA) is 74.2 Å². The first kappa shape index (κ1) is 19.0. The first-order valence-electron chi connectivity index (χ1n) is 8.97. The summed E-state index contributed by atoms with van der Waals surface area (Å²) >= 11 is 6.01. The number of sulfonamides is 1. The number of methoxy groups -OCH3 is 1. The molecule has 7 nitrogen and oxygen atoms in total. The quantitative estimate of drug-likeness (QED) is 0.819. The lowest BCUT2D eigenvalue weighted by atomic mass is 10.2. The van der Waals surface area contributed by atoms with Crippen LogP contribution in [0.25, 0.3) is 0 Å². The van der Waals surface area contributed by atoms with E-state index >= 15 is 0 Å². The summed E-state index contributed by atoms with van der Waals surface area (Å²) in [5, 5.41) is 3.59. The van der Waals surface area contributed by atoms with E-state index in [0.717, 1.165) is 37.6 Å². The van der Waals surface area contributed by atoms with Gasteiger partial charge >= 0.3 is 0 Å². The molecule has 2 aromatic rings. The third kappa shape index (κ3) is 3.80. The molecule has 0 saturated carbocycles. The van der Waals surface area contributed by atoms with E-state index in [4.69, 9.17) is 16.3 Å². The molecule has 2 heterocycles. The van der Waals surface area contributed by atoms with E-state index in [-0.39, 0.29) is 4.90 Å². The average Bonchev–Trinajstić information content (AvgIpc) is 2.67. The SMILES string of the molecule is COc1ccccc1N1CCN(CC2=NS(=O)(=O)c3ccc(Cl)cc3N2)CC1. The van der Waals surface area contributed by atoms with E-state index in [9.17, 15) is 8.42 Å². The molecule has 0 radical (unpaired) electrons. The Labute approximate surface area is 169 Å². The molecule has 0 spiro atoms. The zero-order valence-electron chi connectivity index (χ0n) is 15.4. The fourth-order valence-electron chi connectivity index (χ4n) is 3.52. The fraction of sp³-hybridized carbons (Fsp3) is 0.316. The predicted octanol–water partition coefficient (Wildman–Crippen LogP) is 2.68. The zero-order chi connectivity index (χ0) is 19.7. The maximum Gasteiger partial charge on any atom is 0.286 e. The van der Waals surface area contributed by atoms with Crippen molar-refractivity contribution in [1.82, 2.24) is 4.90 Å². The standard InChI is InChI=1S/C19H21ClN4O3S/c1-27-17-5-3-2-4-16(17)24-10-8-23(9-11-24)13-19-21-15-12-14(20)6-7-18(15)28(25,26)22-19/h2-7,12H,8-11,13H2,1H3,(H,21,22). The van der Waals surface area contributed by atoms with Crippen molar-refractivity contribution in [2.45, 2.75) is 4.90 Å². The number of piperazine rings is 1. The number of hydrogen-bond donors (Lipinski definition) is 1. The number of nitrogens with one attached hydrogen (secondary N) is 1. The Morgan fingerprint density at radius 3 is 2.64 bits per heavy atom. The first-order valence-corrected chi connectivity index (χ1v) is 10.8. The molecular formula is C19H21ClN4O3S. The van der Waals surface area contributed by atoms with Gasteiger partial charge in [-0.05, 0) is 30.3 Å². The van der Waals surface area contributed by atoms with Gasteiger partial charge in [-0.2, -0.15) is 8.42 Å². The summed E-state index contributed by atoms with van der Waals surface area (Å²) in [5.41, 5.74) is 1.55. The highest BCUT2D eigenvalue weighted by atomic mass is 35.5. The van der Waals surface area contributed by atoms with Crippen LogP contribution in [0.15, 0.2) is 51.8 Å². The summed E-state index contributed by atoms with van der Waals surface area (Å²) in [6, 6.07) is 12.6. The van der Waals surface area contributed by atoms with Gasteiger partial charge in [0.25, 0.3) is 10.0 Å². The zero-order valence-corrected chi connectivity index (χ0v) is 17.0. The Hall–Kier alpha value is -2.29. The van der Waals surface area contributed by atoms with Crippen LogP contribution in [0, 0.1) is 0 Å². The number of benzene rings is 2. The average molecular weight is 421 g/mol. The van der Waals surface area contributed by atoms with Gasteiger partial charge in [0.1, 0.15) is 16.5 Å². The van der Waals surface area contributed by atoms with Crippen LogP contribution in [0.4, 0.5) is 11.4 Å². The highest BCUT2D eigenvalue weighted by Crippen LogP contribution is 2.31. The predicted molar refractivity (Wildman–Crippen MR) is 111 cm³/mol. The normalized spacial score (nSPS) is 18.8. The smallest absolute Gasteiger partial charge is 0.286 e. The molecule has 28 heavy (non-hydrogen) atoms. The minimum absolute atomic E-state index is 0.154. The number of halogens is 1. The Kier molecular flexibility index (Phi) is 5.18. The van der Waals surface area contributed by atoms with Crippen LogP contribution < -0.4 is 15.0 Å². The molecule has 0 atom stereocenters. The second kappa shape index (κ2) is 7.62. The van der Waals surface area contributed by atoms with Crippen molar-refractivity contribution in [2.24, 2.45) is 4.40 Å².